The molecule has 2 N–H and O–H groups in total. The van der Waals surface area contributed by atoms with Crippen LogP contribution in [0.1, 0.15) is 20.9 Å². The van der Waals surface area contributed by atoms with E-state index in [1.165, 1.54) is 24.5 Å². The van der Waals surface area contributed by atoms with Crippen molar-refractivity contribution in [3.05, 3.63) is 53.1 Å². The van der Waals surface area contributed by atoms with Gasteiger partial charge in [-0.3, -0.25) is 4.79 Å². The van der Waals surface area contributed by atoms with E-state index in [9.17, 15) is 14.7 Å². The van der Waals surface area contributed by atoms with Gasteiger partial charge in [0.2, 0.25) is 11.5 Å². The van der Waals surface area contributed by atoms with Crippen molar-refractivity contribution < 1.29 is 19.1 Å². The second-order valence-corrected chi connectivity index (χ2v) is 4.68. The summed E-state index contributed by atoms with van der Waals surface area (Å²) in [7, 11) is 0. The van der Waals surface area contributed by atoms with Crippen LogP contribution in [-0.4, -0.2) is 27.0 Å². The Morgan fingerprint density at radius 2 is 2.05 bits per heavy atom. The minimum absolute atomic E-state index is 0.0496. The molecule has 0 saturated carbocycles. The van der Waals surface area contributed by atoms with Gasteiger partial charge in [-0.05, 0) is 24.3 Å². The summed E-state index contributed by atoms with van der Waals surface area (Å²) < 4.78 is 5.16. The Morgan fingerprint density at radius 3 is 2.77 bits per heavy atom. The molecule has 3 heterocycles. The molecule has 110 valence electrons. The Bertz CT molecular complexity index is 891. The molecule has 1 amide bonds. The molecule has 22 heavy (non-hydrogen) atoms. The zero-order valence-electron chi connectivity index (χ0n) is 10.9. The van der Waals surface area contributed by atoms with Crippen LogP contribution in [0, 0.1) is 0 Å². The second-order valence-electron chi connectivity index (χ2n) is 4.29. The lowest BCUT2D eigenvalue weighted by atomic mass is 10.2. The smallest absolute Gasteiger partial charge is 0.374 e. The number of pyridine rings is 2. The van der Waals surface area contributed by atoms with Crippen LogP contribution in [0.3, 0.4) is 0 Å². The quantitative estimate of drug-likeness (QED) is 0.719. The number of nitrogens with zero attached hydrogens (tertiary/aromatic N) is 2. The van der Waals surface area contributed by atoms with Crippen molar-refractivity contribution >= 4 is 40.3 Å². The van der Waals surface area contributed by atoms with Gasteiger partial charge < -0.3 is 14.8 Å². The molecule has 0 saturated heterocycles. The molecular formula is C14H8ClN3O4. The molecule has 0 aliphatic carbocycles. The third-order valence-corrected chi connectivity index (χ3v) is 3.09. The highest BCUT2D eigenvalue weighted by atomic mass is 35.5. The molecule has 3 aromatic rings. The number of aromatic carboxylic acids is 1. The molecule has 0 unspecified atom stereocenters. The molecule has 7 nitrogen and oxygen atoms in total. The van der Waals surface area contributed by atoms with Gasteiger partial charge in [0, 0.05) is 18.0 Å². The van der Waals surface area contributed by atoms with Crippen LogP contribution in [0.25, 0.3) is 11.1 Å². The number of anilines is 1. The summed E-state index contributed by atoms with van der Waals surface area (Å²) in [5.74, 6) is -2.22. The summed E-state index contributed by atoms with van der Waals surface area (Å²) in [6.45, 7) is 0. The maximum Gasteiger partial charge on any atom is 0.374 e. The number of carboxylic acids is 1. The molecule has 0 fully saturated rings. The largest absolute Gasteiger partial charge is 0.475 e. The van der Waals surface area contributed by atoms with Crippen LogP contribution in [0.4, 0.5) is 5.69 Å². The van der Waals surface area contributed by atoms with Gasteiger partial charge in [-0.15, -0.1) is 0 Å². The zero-order valence-corrected chi connectivity index (χ0v) is 11.7. The molecular weight excluding hydrogens is 310 g/mol. The first-order valence-electron chi connectivity index (χ1n) is 6.10. The molecule has 0 aliphatic heterocycles. The Hall–Kier alpha value is -2.93. The average molecular weight is 318 g/mol. The van der Waals surface area contributed by atoms with Gasteiger partial charge in [0.15, 0.2) is 0 Å². The maximum atomic E-state index is 12.2. The summed E-state index contributed by atoms with van der Waals surface area (Å²) in [5, 5.41) is 12.3. The number of furan rings is 1. The average Bonchev–Trinajstić information content (AvgIpc) is 2.86. The molecule has 0 spiro atoms. The van der Waals surface area contributed by atoms with Crippen molar-refractivity contribution in [2.75, 3.05) is 5.32 Å². The minimum atomic E-state index is -1.30. The molecule has 8 heteroatoms. The van der Waals surface area contributed by atoms with Gasteiger partial charge in [0.1, 0.15) is 10.8 Å². The van der Waals surface area contributed by atoms with Crippen molar-refractivity contribution in [2.45, 2.75) is 0 Å². The fourth-order valence-electron chi connectivity index (χ4n) is 1.94. The first-order valence-corrected chi connectivity index (χ1v) is 6.48. The molecule has 3 aromatic heterocycles. The van der Waals surface area contributed by atoms with Gasteiger partial charge in [0.05, 0.1) is 5.39 Å². The predicted molar refractivity (Wildman–Crippen MR) is 78.2 cm³/mol. The van der Waals surface area contributed by atoms with E-state index < -0.39 is 11.9 Å². The number of nitrogens with one attached hydrogen (secondary N) is 1. The van der Waals surface area contributed by atoms with Gasteiger partial charge >= 0.3 is 5.97 Å². The summed E-state index contributed by atoms with van der Waals surface area (Å²) in [4.78, 5) is 31.2. The van der Waals surface area contributed by atoms with Crippen LogP contribution in [0.2, 0.25) is 5.15 Å². The van der Waals surface area contributed by atoms with E-state index in [1.807, 2.05) is 0 Å². The standard InChI is InChI=1S/C14H8ClN3O4/c15-9-6-7(3-5-16-9)12(19)18-10-8-2-1-4-17-13(8)22-11(10)14(20)21/h1-6H,(H,18,19)(H,20,21). The Balaban J connectivity index is 2.04. The number of carbonyl (C=O) groups excluding carboxylic acids is 1. The number of aromatic nitrogens is 2. The highest BCUT2D eigenvalue weighted by molar-refractivity contribution is 6.29. The summed E-state index contributed by atoms with van der Waals surface area (Å²) in [5.41, 5.74) is 0.422. The fraction of sp³-hybridized carbons (Fsp3) is 0. The number of rotatable bonds is 3. The molecule has 0 aliphatic rings. The zero-order chi connectivity index (χ0) is 15.7. The summed E-state index contributed by atoms with van der Waals surface area (Å²) >= 11 is 5.73. The molecule has 3 rings (SSSR count). The number of amides is 1. The lowest BCUT2D eigenvalue weighted by Crippen LogP contribution is -2.14. The highest BCUT2D eigenvalue weighted by Crippen LogP contribution is 2.30. The number of hydrogen-bond donors (Lipinski definition) is 2. The Labute approximate surface area is 128 Å². The lowest BCUT2D eigenvalue weighted by Gasteiger charge is -2.04. The second kappa shape index (κ2) is 5.45. The van der Waals surface area contributed by atoms with Crippen LogP contribution < -0.4 is 5.32 Å². The third kappa shape index (κ3) is 2.49. The van der Waals surface area contributed by atoms with E-state index >= 15 is 0 Å². The number of hydrogen-bond acceptors (Lipinski definition) is 5. The topological polar surface area (TPSA) is 105 Å². The molecule has 0 atom stereocenters. The normalized spacial score (nSPS) is 10.6. The first kappa shape index (κ1) is 14.0. The van der Waals surface area contributed by atoms with E-state index in [0.717, 1.165) is 0 Å². The predicted octanol–water partition coefficient (Wildman–Crippen LogP) is 2.83. The van der Waals surface area contributed by atoms with Gasteiger partial charge in [-0.2, -0.15) is 0 Å². The SMILES string of the molecule is O=C(Nc1c(C(=O)O)oc2ncccc12)c1ccnc(Cl)c1. The number of carboxylic acid groups (broad SMARTS) is 1. The van der Waals surface area contributed by atoms with E-state index in [2.05, 4.69) is 15.3 Å². The Morgan fingerprint density at radius 1 is 1.23 bits per heavy atom. The highest BCUT2D eigenvalue weighted by Gasteiger charge is 2.22. The molecule has 0 bridgehead atoms. The Kier molecular flexibility index (Phi) is 3.48. The van der Waals surface area contributed by atoms with Crippen molar-refractivity contribution in [3.8, 4) is 0 Å². The van der Waals surface area contributed by atoms with Crippen molar-refractivity contribution in [1.29, 1.82) is 0 Å². The van der Waals surface area contributed by atoms with Crippen LogP contribution in [0.5, 0.6) is 0 Å². The number of carbonyl (C=O) groups is 2. The monoisotopic (exact) mass is 317 g/mol. The van der Waals surface area contributed by atoms with Crippen LogP contribution >= 0.6 is 11.6 Å². The lowest BCUT2D eigenvalue weighted by molar-refractivity contribution is 0.0666. The number of fused-ring (bicyclic) bond motifs is 1. The van der Waals surface area contributed by atoms with E-state index in [0.29, 0.717) is 5.39 Å². The fourth-order valence-corrected chi connectivity index (χ4v) is 2.11. The third-order valence-electron chi connectivity index (χ3n) is 2.89. The first-order chi connectivity index (χ1) is 10.6. The van der Waals surface area contributed by atoms with Gasteiger partial charge in [-0.25, -0.2) is 14.8 Å². The van der Waals surface area contributed by atoms with Gasteiger partial charge in [0.25, 0.3) is 5.91 Å². The minimum Gasteiger partial charge on any atom is -0.475 e. The van der Waals surface area contributed by atoms with E-state index in [4.69, 9.17) is 16.0 Å². The van der Waals surface area contributed by atoms with E-state index in [1.54, 1.807) is 12.1 Å². The van der Waals surface area contributed by atoms with Crippen LogP contribution in [0.15, 0.2) is 41.1 Å². The van der Waals surface area contributed by atoms with Crippen molar-refractivity contribution in [3.63, 3.8) is 0 Å². The van der Waals surface area contributed by atoms with E-state index in [-0.39, 0.29) is 27.9 Å². The van der Waals surface area contributed by atoms with Gasteiger partial charge in [-0.1, -0.05) is 11.6 Å². The molecule has 0 aromatic carbocycles. The summed E-state index contributed by atoms with van der Waals surface area (Å²) in [6.07, 6.45) is 2.84. The van der Waals surface area contributed by atoms with Crippen LogP contribution in [-0.2, 0) is 0 Å². The maximum absolute atomic E-state index is 12.2. The number of halogens is 1. The molecule has 0 radical (unpaired) electrons. The van der Waals surface area contributed by atoms with Crippen molar-refractivity contribution in [1.82, 2.24) is 9.97 Å². The summed E-state index contributed by atoms with van der Waals surface area (Å²) in [6, 6.07) is 6.05. The van der Waals surface area contributed by atoms with Crippen molar-refractivity contribution in [2.24, 2.45) is 0 Å².